The van der Waals surface area contributed by atoms with Gasteiger partial charge in [0.1, 0.15) is 0 Å². The van der Waals surface area contributed by atoms with Gasteiger partial charge in [-0.3, -0.25) is 14.7 Å². The zero-order chi connectivity index (χ0) is 20.1. The van der Waals surface area contributed by atoms with Crippen molar-refractivity contribution >= 4 is 17.5 Å². The van der Waals surface area contributed by atoms with Crippen molar-refractivity contribution in [1.82, 2.24) is 15.2 Å². The summed E-state index contributed by atoms with van der Waals surface area (Å²) in [4.78, 5) is 19.3. The number of benzene rings is 2. The zero-order valence-corrected chi connectivity index (χ0v) is 17.0. The predicted molar refractivity (Wildman–Crippen MR) is 117 cm³/mol. The van der Waals surface area contributed by atoms with Gasteiger partial charge in [0.15, 0.2) is 0 Å². The minimum Gasteiger partial charge on any atom is -0.355 e. The highest BCUT2D eigenvalue weighted by atomic mass is 35.5. The number of carbonyl (C=O) groups excluding carboxylic acids is 1. The maximum Gasteiger partial charge on any atom is 0.224 e. The van der Waals surface area contributed by atoms with Gasteiger partial charge in [0.25, 0.3) is 0 Å². The third kappa shape index (κ3) is 4.84. The number of nitrogens with one attached hydrogen (secondary N) is 1. The van der Waals surface area contributed by atoms with E-state index in [1.54, 1.807) is 6.20 Å². The van der Waals surface area contributed by atoms with Crippen LogP contribution in [0.25, 0.3) is 11.1 Å². The van der Waals surface area contributed by atoms with E-state index in [1.165, 1.54) is 5.56 Å². The smallest absolute Gasteiger partial charge is 0.224 e. The van der Waals surface area contributed by atoms with Gasteiger partial charge in [0.05, 0.1) is 5.92 Å². The fourth-order valence-corrected chi connectivity index (χ4v) is 4.10. The van der Waals surface area contributed by atoms with Crippen LogP contribution >= 0.6 is 11.6 Å². The largest absolute Gasteiger partial charge is 0.355 e. The lowest BCUT2D eigenvalue weighted by Crippen LogP contribution is -2.33. The predicted octanol–water partition coefficient (Wildman–Crippen LogP) is 4.19. The number of hydrogen-bond donors (Lipinski definition) is 1. The maximum absolute atomic E-state index is 12.8. The fourth-order valence-electron chi connectivity index (χ4n) is 3.90. The summed E-state index contributed by atoms with van der Waals surface area (Å²) in [7, 11) is 0. The number of halogens is 1. The molecule has 1 aliphatic heterocycles. The molecule has 4 rings (SSSR count). The van der Waals surface area contributed by atoms with Crippen LogP contribution in [0.2, 0.25) is 5.02 Å². The van der Waals surface area contributed by atoms with Crippen molar-refractivity contribution in [3.05, 3.63) is 89.2 Å². The van der Waals surface area contributed by atoms with E-state index < -0.39 is 0 Å². The van der Waals surface area contributed by atoms with E-state index in [9.17, 15) is 4.79 Å². The summed E-state index contributed by atoms with van der Waals surface area (Å²) >= 11 is 6.35. The standard InChI is InChI=1S/C24H24ClN3O/c25-23-10-4-2-7-20(23)16-28-13-12-27-24(29)21(17-28)14-18-6-1-3-9-22(18)19-8-5-11-26-15-19/h1-11,15,21H,12-14,16-17H2,(H,27,29). The minimum atomic E-state index is -0.113. The molecule has 1 atom stereocenters. The first-order valence-corrected chi connectivity index (χ1v) is 10.3. The Kier molecular flexibility index (Phi) is 6.23. The van der Waals surface area contributed by atoms with Crippen LogP contribution in [0.3, 0.4) is 0 Å². The maximum atomic E-state index is 12.8. The summed E-state index contributed by atoms with van der Waals surface area (Å²) in [5.41, 5.74) is 4.47. The highest BCUT2D eigenvalue weighted by Gasteiger charge is 2.26. The molecule has 29 heavy (non-hydrogen) atoms. The molecular formula is C24H24ClN3O. The van der Waals surface area contributed by atoms with Gasteiger partial charge >= 0.3 is 0 Å². The lowest BCUT2D eigenvalue weighted by Gasteiger charge is -2.24. The lowest BCUT2D eigenvalue weighted by atomic mass is 9.92. The Hall–Kier alpha value is -2.69. The van der Waals surface area contributed by atoms with Crippen LogP contribution in [0.15, 0.2) is 73.1 Å². The molecule has 0 bridgehead atoms. The molecule has 2 aromatic carbocycles. The SMILES string of the molecule is O=C1NCCN(Cc2ccccc2Cl)CC1Cc1ccccc1-c1cccnc1. The number of amides is 1. The van der Waals surface area contributed by atoms with Gasteiger partial charge < -0.3 is 5.32 Å². The lowest BCUT2D eigenvalue weighted by molar-refractivity contribution is -0.124. The summed E-state index contributed by atoms with van der Waals surface area (Å²) in [5.74, 6) is 0.00505. The van der Waals surface area contributed by atoms with E-state index in [0.717, 1.165) is 34.8 Å². The van der Waals surface area contributed by atoms with Crippen molar-refractivity contribution in [2.24, 2.45) is 5.92 Å². The Labute approximate surface area is 176 Å². The van der Waals surface area contributed by atoms with Gasteiger partial charge in [0, 0.05) is 49.2 Å². The summed E-state index contributed by atoms with van der Waals surface area (Å²) in [6, 6.07) is 20.2. The molecule has 148 valence electrons. The first kappa shape index (κ1) is 19.6. The van der Waals surface area contributed by atoms with Crippen molar-refractivity contribution in [1.29, 1.82) is 0 Å². The second kappa shape index (κ2) is 9.21. The van der Waals surface area contributed by atoms with Crippen LogP contribution in [-0.4, -0.2) is 35.4 Å². The third-order valence-electron chi connectivity index (χ3n) is 5.38. The van der Waals surface area contributed by atoms with Crippen LogP contribution < -0.4 is 5.32 Å². The first-order valence-electron chi connectivity index (χ1n) is 9.92. The van der Waals surface area contributed by atoms with Crippen molar-refractivity contribution in [3.63, 3.8) is 0 Å². The van der Waals surface area contributed by atoms with Crippen LogP contribution in [-0.2, 0) is 17.8 Å². The second-order valence-corrected chi connectivity index (χ2v) is 7.82. The topological polar surface area (TPSA) is 45.2 Å². The number of aromatic nitrogens is 1. The molecule has 0 radical (unpaired) electrons. The van der Waals surface area contributed by atoms with E-state index in [4.69, 9.17) is 11.6 Å². The summed E-state index contributed by atoms with van der Waals surface area (Å²) in [6.45, 7) is 2.93. The molecule has 0 saturated carbocycles. The quantitative estimate of drug-likeness (QED) is 0.692. The Bertz CT molecular complexity index is 977. The Morgan fingerprint density at radius 1 is 1.03 bits per heavy atom. The number of hydrogen-bond acceptors (Lipinski definition) is 3. The third-order valence-corrected chi connectivity index (χ3v) is 5.75. The summed E-state index contributed by atoms with van der Waals surface area (Å²) in [5, 5.41) is 3.85. The van der Waals surface area contributed by atoms with Crippen molar-refractivity contribution in [3.8, 4) is 11.1 Å². The first-order chi connectivity index (χ1) is 14.2. The minimum absolute atomic E-state index is 0.113. The van der Waals surface area contributed by atoms with Gasteiger partial charge in [-0.05, 0) is 35.2 Å². The van der Waals surface area contributed by atoms with Gasteiger partial charge in [-0.25, -0.2) is 0 Å². The van der Waals surface area contributed by atoms with Gasteiger partial charge in [-0.2, -0.15) is 0 Å². The average Bonchev–Trinajstić information content (AvgIpc) is 2.92. The normalized spacial score (nSPS) is 17.6. The van der Waals surface area contributed by atoms with E-state index >= 15 is 0 Å². The molecule has 4 nitrogen and oxygen atoms in total. The van der Waals surface area contributed by atoms with Gasteiger partial charge in [-0.1, -0.05) is 60.1 Å². The number of pyridine rings is 1. The molecular weight excluding hydrogens is 382 g/mol. The molecule has 0 aliphatic carbocycles. The Morgan fingerprint density at radius 2 is 1.83 bits per heavy atom. The molecule has 1 fully saturated rings. The summed E-state index contributed by atoms with van der Waals surface area (Å²) in [6.07, 6.45) is 4.34. The molecule has 1 saturated heterocycles. The number of carbonyl (C=O) groups is 1. The highest BCUT2D eigenvalue weighted by molar-refractivity contribution is 6.31. The van der Waals surface area contributed by atoms with Gasteiger partial charge in [-0.15, -0.1) is 0 Å². The van der Waals surface area contributed by atoms with Crippen molar-refractivity contribution in [2.75, 3.05) is 19.6 Å². The van der Waals surface area contributed by atoms with Crippen LogP contribution in [0.5, 0.6) is 0 Å². The Morgan fingerprint density at radius 3 is 2.62 bits per heavy atom. The molecule has 1 unspecified atom stereocenters. The number of rotatable bonds is 5. The molecule has 1 aromatic heterocycles. The van der Waals surface area contributed by atoms with E-state index in [2.05, 4.69) is 39.5 Å². The van der Waals surface area contributed by atoms with Crippen molar-refractivity contribution < 1.29 is 4.79 Å². The molecule has 5 heteroatoms. The van der Waals surface area contributed by atoms with Crippen LogP contribution in [0.4, 0.5) is 0 Å². The second-order valence-electron chi connectivity index (χ2n) is 7.42. The van der Waals surface area contributed by atoms with Gasteiger partial charge in [0.2, 0.25) is 5.91 Å². The summed E-state index contributed by atoms with van der Waals surface area (Å²) < 4.78 is 0. The molecule has 3 aromatic rings. The molecule has 1 aliphatic rings. The highest BCUT2D eigenvalue weighted by Crippen LogP contribution is 2.26. The van der Waals surface area contributed by atoms with Crippen LogP contribution in [0, 0.1) is 5.92 Å². The number of nitrogens with zero attached hydrogens (tertiary/aromatic N) is 2. The Balaban J connectivity index is 1.55. The fraction of sp³-hybridized carbons (Fsp3) is 0.250. The van der Waals surface area contributed by atoms with Crippen LogP contribution in [0.1, 0.15) is 11.1 Å². The monoisotopic (exact) mass is 405 g/mol. The molecule has 0 spiro atoms. The average molecular weight is 406 g/mol. The van der Waals surface area contributed by atoms with Crippen molar-refractivity contribution in [2.45, 2.75) is 13.0 Å². The molecule has 1 N–H and O–H groups in total. The van der Waals surface area contributed by atoms with E-state index in [1.807, 2.05) is 42.6 Å². The molecule has 2 heterocycles. The zero-order valence-electron chi connectivity index (χ0n) is 16.2. The molecule has 1 amide bonds. The van der Waals surface area contributed by atoms with E-state index in [0.29, 0.717) is 19.5 Å². The van der Waals surface area contributed by atoms with E-state index in [-0.39, 0.29) is 11.8 Å².